The highest BCUT2D eigenvalue weighted by molar-refractivity contribution is 5.74. The van der Waals surface area contributed by atoms with Gasteiger partial charge in [0.05, 0.1) is 0 Å². The van der Waals surface area contributed by atoms with Crippen LogP contribution in [-0.2, 0) is 0 Å². The number of urea groups is 1. The van der Waals surface area contributed by atoms with Crippen molar-refractivity contribution in [3.63, 3.8) is 0 Å². The third-order valence-electron chi connectivity index (χ3n) is 4.97. The van der Waals surface area contributed by atoms with Crippen LogP contribution >= 0.6 is 0 Å². The van der Waals surface area contributed by atoms with E-state index in [1.807, 2.05) is 4.90 Å². The van der Waals surface area contributed by atoms with Crippen LogP contribution in [0.15, 0.2) is 42.0 Å². The van der Waals surface area contributed by atoms with Crippen molar-refractivity contribution in [3.8, 4) is 0 Å². The molecule has 2 aliphatic heterocycles. The Morgan fingerprint density at radius 2 is 2.09 bits per heavy atom. The summed E-state index contributed by atoms with van der Waals surface area (Å²) in [6.45, 7) is 7.63. The molecule has 1 aromatic rings. The monoisotopic (exact) mass is 313 g/mol. The molecule has 1 N–H and O–H groups in total. The second-order valence-corrected chi connectivity index (χ2v) is 6.68. The number of nitrogens with zero attached hydrogens (tertiary/aromatic N) is 2. The van der Waals surface area contributed by atoms with Gasteiger partial charge in [0.15, 0.2) is 0 Å². The first-order valence-electron chi connectivity index (χ1n) is 8.68. The largest absolute Gasteiger partial charge is 0.337 e. The average molecular weight is 313 g/mol. The molecule has 0 unspecified atom stereocenters. The smallest absolute Gasteiger partial charge is 0.317 e. The van der Waals surface area contributed by atoms with Gasteiger partial charge in [-0.05, 0) is 37.8 Å². The van der Waals surface area contributed by atoms with E-state index in [1.165, 1.54) is 17.6 Å². The molecule has 2 heterocycles. The van der Waals surface area contributed by atoms with E-state index in [9.17, 15) is 4.79 Å². The standard InChI is InChI=1S/C19H27N3O/c1-16-7-12-22(13-8-16)19(23)20-10-14-21-11-9-18(15-21)17-5-3-2-4-6-17/h2-7,18H,8-15H2,1H3,(H,20,23)/t18-/m1/s1. The second kappa shape index (κ2) is 7.64. The fraction of sp³-hybridized carbons (Fsp3) is 0.526. The maximum Gasteiger partial charge on any atom is 0.317 e. The number of nitrogens with one attached hydrogen (secondary N) is 1. The van der Waals surface area contributed by atoms with Crippen molar-refractivity contribution in [2.24, 2.45) is 0 Å². The SMILES string of the molecule is CC1=CCN(C(=O)NCCN2CC[C@@H](c3ccccc3)C2)CC1. The highest BCUT2D eigenvalue weighted by Gasteiger charge is 2.23. The van der Waals surface area contributed by atoms with E-state index in [0.717, 1.165) is 45.7 Å². The Morgan fingerprint density at radius 3 is 2.83 bits per heavy atom. The first-order chi connectivity index (χ1) is 11.2. The third-order valence-corrected chi connectivity index (χ3v) is 4.97. The summed E-state index contributed by atoms with van der Waals surface area (Å²) in [4.78, 5) is 16.5. The number of hydrogen-bond donors (Lipinski definition) is 1. The van der Waals surface area contributed by atoms with Crippen molar-refractivity contribution in [1.29, 1.82) is 0 Å². The molecule has 0 aliphatic carbocycles. The van der Waals surface area contributed by atoms with Crippen LogP contribution in [0.2, 0.25) is 0 Å². The van der Waals surface area contributed by atoms with Gasteiger partial charge in [0.1, 0.15) is 0 Å². The lowest BCUT2D eigenvalue weighted by molar-refractivity contribution is 0.200. The van der Waals surface area contributed by atoms with E-state index in [-0.39, 0.29) is 6.03 Å². The molecule has 0 spiro atoms. The highest BCUT2D eigenvalue weighted by atomic mass is 16.2. The van der Waals surface area contributed by atoms with Gasteiger partial charge in [0.25, 0.3) is 0 Å². The molecule has 1 atom stereocenters. The van der Waals surface area contributed by atoms with Crippen molar-refractivity contribution in [2.75, 3.05) is 39.3 Å². The average Bonchev–Trinajstić information content (AvgIpc) is 3.05. The van der Waals surface area contributed by atoms with Crippen LogP contribution in [0.3, 0.4) is 0 Å². The maximum atomic E-state index is 12.1. The Kier molecular flexibility index (Phi) is 5.34. The number of benzene rings is 1. The minimum Gasteiger partial charge on any atom is -0.337 e. The zero-order chi connectivity index (χ0) is 16.1. The molecule has 1 fully saturated rings. The molecule has 0 bridgehead atoms. The van der Waals surface area contributed by atoms with Crippen molar-refractivity contribution in [2.45, 2.75) is 25.7 Å². The number of amides is 2. The lowest BCUT2D eigenvalue weighted by Crippen LogP contribution is -2.44. The summed E-state index contributed by atoms with van der Waals surface area (Å²) in [6, 6.07) is 10.8. The van der Waals surface area contributed by atoms with Crippen LogP contribution in [0, 0.1) is 0 Å². The summed E-state index contributed by atoms with van der Waals surface area (Å²) in [7, 11) is 0. The molecule has 124 valence electrons. The molecule has 2 aliphatic rings. The fourth-order valence-corrected chi connectivity index (χ4v) is 3.42. The Morgan fingerprint density at radius 1 is 1.26 bits per heavy atom. The molecule has 1 aromatic carbocycles. The topological polar surface area (TPSA) is 35.6 Å². The van der Waals surface area contributed by atoms with E-state index < -0.39 is 0 Å². The van der Waals surface area contributed by atoms with Crippen LogP contribution in [0.4, 0.5) is 4.79 Å². The maximum absolute atomic E-state index is 12.1. The molecular weight excluding hydrogens is 286 g/mol. The number of hydrogen-bond acceptors (Lipinski definition) is 2. The Labute approximate surface area is 139 Å². The molecule has 4 heteroatoms. The van der Waals surface area contributed by atoms with Gasteiger partial charge >= 0.3 is 6.03 Å². The Balaban J connectivity index is 1.38. The van der Waals surface area contributed by atoms with Crippen LogP contribution in [0.5, 0.6) is 0 Å². The fourth-order valence-electron chi connectivity index (χ4n) is 3.42. The first-order valence-corrected chi connectivity index (χ1v) is 8.68. The van der Waals surface area contributed by atoms with Gasteiger partial charge < -0.3 is 15.1 Å². The Bertz CT molecular complexity index is 555. The predicted molar refractivity (Wildman–Crippen MR) is 93.6 cm³/mol. The quantitative estimate of drug-likeness (QED) is 0.868. The van der Waals surface area contributed by atoms with Gasteiger partial charge in [-0.2, -0.15) is 0 Å². The zero-order valence-corrected chi connectivity index (χ0v) is 14.0. The van der Waals surface area contributed by atoms with E-state index in [0.29, 0.717) is 5.92 Å². The predicted octanol–water partition coefficient (Wildman–Crippen LogP) is 2.84. The summed E-state index contributed by atoms with van der Waals surface area (Å²) in [5.41, 5.74) is 2.83. The molecule has 0 aromatic heterocycles. The van der Waals surface area contributed by atoms with Gasteiger partial charge in [-0.1, -0.05) is 42.0 Å². The normalized spacial score (nSPS) is 22.0. The summed E-state index contributed by atoms with van der Waals surface area (Å²) < 4.78 is 0. The first kappa shape index (κ1) is 16.1. The lowest BCUT2D eigenvalue weighted by atomic mass is 9.99. The van der Waals surface area contributed by atoms with Gasteiger partial charge in [-0.15, -0.1) is 0 Å². The van der Waals surface area contributed by atoms with Gasteiger partial charge in [-0.25, -0.2) is 4.79 Å². The molecule has 0 saturated carbocycles. The van der Waals surface area contributed by atoms with Crippen molar-refractivity contribution < 1.29 is 4.79 Å². The molecule has 4 nitrogen and oxygen atoms in total. The summed E-state index contributed by atoms with van der Waals surface area (Å²) in [5, 5.41) is 3.06. The summed E-state index contributed by atoms with van der Waals surface area (Å²) in [5.74, 6) is 0.641. The molecule has 2 amide bonds. The summed E-state index contributed by atoms with van der Waals surface area (Å²) >= 11 is 0. The minimum absolute atomic E-state index is 0.0764. The molecule has 23 heavy (non-hydrogen) atoms. The van der Waals surface area contributed by atoms with Gasteiger partial charge in [0, 0.05) is 32.7 Å². The highest BCUT2D eigenvalue weighted by Crippen LogP contribution is 2.26. The van der Waals surface area contributed by atoms with Crippen molar-refractivity contribution in [1.82, 2.24) is 15.1 Å². The number of carbonyl (C=O) groups excluding carboxylic acids is 1. The van der Waals surface area contributed by atoms with Crippen LogP contribution < -0.4 is 5.32 Å². The van der Waals surface area contributed by atoms with Crippen molar-refractivity contribution >= 4 is 6.03 Å². The lowest BCUT2D eigenvalue weighted by Gasteiger charge is -2.26. The Hall–Kier alpha value is -1.81. The van der Waals surface area contributed by atoms with E-state index in [4.69, 9.17) is 0 Å². The van der Waals surface area contributed by atoms with Crippen LogP contribution in [0.1, 0.15) is 31.2 Å². The third kappa shape index (κ3) is 4.35. The van der Waals surface area contributed by atoms with Crippen molar-refractivity contribution in [3.05, 3.63) is 47.5 Å². The zero-order valence-electron chi connectivity index (χ0n) is 14.0. The van der Waals surface area contributed by atoms with E-state index in [2.05, 4.69) is 53.5 Å². The van der Waals surface area contributed by atoms with Gasteiger partial charge in [0.2, 0.25) is 0 Å². The minimum atomic E-state index is 0.0764. The van der Waals surface area contributed by atoms with E-state index >= 15 is 0 Å². The number of rotatable bonds is 4. The van der Waals surface area contributed by atoms with Gasteiger partial charge in [-0.3, -0.25) is 0 Å². The number of likely N-dealkylation sites (tertiary alicyclic amines) is 1. The second-order valence-electron chi connectivity index (χ2n) is 6.68. The van der Waals surface area contributed by atoms with E-state index in [1.54, 1.807) is 0 Å². The molecule has 0 radical (unpaired) electrons. The molecule has 3 rings (SSSR count). The van der Waals surface area contributed by atoms with Crippen LogP contribution in [0.25, 0.3) is 0 Å². The van der Waals surface area contributed by atoms with Crippen LogP contribution in [-0.4, -0.2) is 55.1 Å². The molecular formula is C19H27N3O. The number of carbonyl (C=O) groups is 1. The molecule has 1 saturated heterocycles. The summed E-state index contributed by atoms with van der Waals surface area (Å²) in [6.07, 6.45) is 4.36.